The normalized spacial score (nSPS) is 18.3. The van der Waals surface area contributed by atoms with Gasteiger partial charge in [-0.1, -0.05) is 65.9 Å². The second-order valence-corrected chi connectivity index (χ2v) is 7.19. The number of aromatic nitrogens is 3. The number of hydrogen-bond donors (Lipinski definition) is 2. The van der Waals surface area contributed by atoms with Crippen LogP contribution < -0.4 is 10.6 Å². The highest BCUT2D eigenvalue weighted by atomic mass is 16.5. The number of ether oxygens (including phenoxy) is 1. The topological polar surface area (TPSA) is 98.1 Å². The van der Waals surface area contributed by atoms with Crippen molar-refractivity contribution in [3.05, 3.63) is 83.7 Å². The standard InChI is InChI=1S/C22H23N5O3/c1-30-22(29)19-14-27(26-25-19)17-12-18(23-13-17)21(28)24-20(15-8-4-2-5-9-15)16-10-6-3-7-11-16/h2-11,14,17-18,20,23H,12-13H2,1H3,(H,24,28)/t17-,18-/m0/s1. The molecular formula is C22H23N5O3. The molecule has 2 atom stereocenters. The van der Waals surface area contributed by atoms with Gasteiger partial charge in [0.05, 0.1) is 31.4 Å². The van der Waals surface area contributed by atoms with Crippen LogP contribution in [-0.4, -0.2) is 46.6 Å². The molecule has 8 nitrogen and oxygen atoms in total. The summed E-state index contributed by atoms with van der Waals surface area (Å²) in [6.07, 6.45) is 2.10. The van der Waals surface area contributed by atoms with Crippen molar-refractivity contribution in [2.75, 3.05) is 13.7 Å². The maximum Gasteiger partial charge on any atom is 0.360 e. The van der Waals surface area contributed by atoms with Crippen LogP contribution in [0.5, 0.6) is 0 Å². The van der Waals surface area contributed by atoms with Crippen molar-refractivity contribution in [1.82, 2.24) is 25.6 Å². The molecule has 0 saturated carbocycles. The smallest absolute Gasteiger partial charge is 0.360 e. The minimum atomic E-state index is -0.532. The summed E-state index contributed by atoms with van der Waals surface area (Å²) in [5.41, 5.74) is 2.19. The number of nitrogens with one attached hydrogen (secondary N) is 2. The van der Waals surface area contributed by atoms with E-state index in [4.69, 9.17) is 0 Å². The van der Waals surface area contributed by atoms with E-state index in [9.17, 15) is 9.59 Å². The highest BCUT2D eigenvalue weighted by Crippen LogP contribution is 2.24. The molecule has 0 bridgehead atoms. The summed E-state index contributed by atoms with van der Waals surface area (Å²) in [6, 6.07) is 19.1. The Bertz CT molecular complexity index is 966. The van der Waals surface area contributed by atoms with Crippen molar-refractivity contribution in [2.45, 2.75) is 24.5 Å². The largest absolute Gasteiger partial charge is 0.464 e. The Hall–Kier alpha value is -3.52. The molecule has 8 heteroatoms. The van der Waals surface area contributed by atoms with E-state index in [-0.39, 0.29) is 29.7 Å². The fourth-order valence-electron chi connectivity index (χ4n) is 3.66. The average molecular weight is 405 g/mol. The predicted octanol–water partition coefficient (Wildman–Crippen LogP) is 1.87. The summed E-state index contributed by atoms with van der Waals surface area (Å²) in [7, 11) is 1.30. The van der Waals surface area contributed by atoms with Crippen LogP contribution in [0.25, 0.3) is 0 Å². The van der Waals surface area contributed by atoms with Gasteiger partial charge in [-0.15, -0.1) is 5.10 Å². The molecule has 1 saturated heterocycles. The number of carbonyl (C=O) groups is 2. The first-order valence-corrected chi connectivity index (χ1v) is 9.79. The Morgan fingerprint density at radius 2 is 1.73 bits per heavy atom. The maximum atomic E-state index is 13.0. The molecule has 30 heavy (non-hydrogen) atoms. The number of benzene rings is 2. The van der Waals surface area contributed by atoms with Crippen LogP contribution >= 0.6 is 0 Å². The molecular weight excluding hydrogens is 382 g/mol. The van der Waals surface area contributed by atoms with Gasteiger partial charge in [0.2, 0.25) is 5.91 Å². The number of rotatable bonds is 6. The van der Waals surface area contributed by atoms with Gasteiger partial charge in [0.1, 0.15) is 0 Å². The summed E-state index contributed by atoms with van der Waals surface area (Å²) in [5.74, 6) is -0.612. The molecule has 2 aromatic carbocycles. The molecule has 1 aromatic heterocycles. The Morgan fingerprint density at radius 3 is 2.33 bits per heavy atom. The number of amides is 1. The lowest BCUT2D eigenvalue weighted by molar-refractivity contribution is -0.123. The first kappa shape index (κ1) is 19.8. The Labute approximate surface area is 174 Å². The highest BCUT2D eigenvalue weighted by Gasteiger charge is 2.33. The van der Waals surface area contributed by atoms with Gasteiger partial charge in [-0.25, -0.2) is 9.48 Å². The number of methoxy groups -OCH3 is 1. The molecule has 2 heterocycles. The molecule has 4 rings (SSSR count). The molecule has 0 aliphatic carbocycles. The Kier molecular flexibility index (Phi) is 5.85. The summed E-state index contributed by atoms with van der Waals surface area (Å²) < 4.78 is 6.27. The van der Waals surface area contributed by atoms with Gasteiger partial charge in [0.25, 0.3) is 0 Å². The van der Waals surface area contributed by atoms with Crippen LogP contribution in [0.15, 0.2) is 66.9 Å². The Morgan fingerprint density at radius 1 is 1.10 bits per heavy atom. The van der Waals surface area contributed by atoms with Crippen LogP contribution in [0.2, 0.25) is 0 Å². The number of hydrogen-bond acceptors (Lipinski definition) is 6. The fourth-order valence-corrected chi connectivity index (χ4v) is 3.66. The average Bonchev–Trinajstić information content (AvgIpc) is 3.48. The van der Waals surface area contributed by atoms with Gasteiger partial charge < -0.3 is 15.4 Å². The van der Waals surface area contributed by atoms with Crippen molar-refractivity contribution in [2.24, 2.45) is 0 Å². The fraction of sp³-hybridized carbons (Fsp3) is 0.273. The zero-order chi connectivity index (χ0) is 20.9. The van der Waals surface area contributed by atoms with Crippen LogP contribution in [0, 0.1) is 0 Å². The van der Waals surface area contributed by atoms with E-state index in [1.165, 1.54) is 7.11 Å². The predicted molar refractivity (Wildman–Crippen MR) is 110 cm³/mol. The number of esters is 1. The van der Waals surface area contributed by atoms with Gasteiger partial charge in [0, 0.05) is 6.54 Å². The summed E-state index contributed by atoms with van der Waals surface area (Å²) in [5, 5.41) is 14.3. The van der Waals surface area contributed by atoms with Crippen molar-refractivity contribution in [1.29, 1.82) is 0 Å². The van der Waals surface area contributed by atoms with Crippen LogP contribution in [0.4, 0.5) is 0 Å². The molecule has 2 N–H and O–H groups in total. The number of carbonyl (C=O) groups excluding carboxylic acids is 2. The molecule has 1 amide bonds. The second-order valence-electron chi connectivity index (χ2n) is 7.19. The van der Waals surface area contributed by atoms with E-state index in [0.29, 0.717) is 13.0 Å². The van der Waals surface area contributed by atoms with Crippen molar-refractivity contribution in [3.8, 4) is 0 Å². The first-order valence-electron chi connectivity index (χ1n) is 9.79. The van der Waals surface area contributed by atoms with E-state index in [1.807, 2.05) is 60.7 Å². The van der Waals surface area contributed by atoms with Crippen LogP contribution in [0.1, 0.15) is 40.1 Å². The van der Waals surface area contributed by atoms with Gasteiger partial charge >= 0.3 is 5.97 Å². The van der Waals surface area contributed by atoms with Crippen molar-refractivity contribution < 1.29 is 14.3 Å². The zero-order valence-electron chi connectivity index (χ0n) is 16.6. The SMILES string of the molecule is COC(=O)c1cn([C@@H]2CN[C@H](C(=O)NC(c3ccccc3)c3ccccc3)C2)nn1. The molecule has 1 fully saturated rings. The highest BCUT2D eigenvalue weighted by molar-refractivity contribution is 5.86. The van der Waals surface area contributed by atoms with Crippen molar-refractivity contribution in [3.63, 3.8) is 0 Å². The second kappa shape index (κ2) is 8.87. The molecule has 3 aromatic rings. The van der Waals surface area contributed by atoms with Gasteiger partial charge in [-0.2, -0.15) is 0 Å². The lowest BCUT2D eigenvalue weighted by Gasteiger charge is -2.22. The minimum absolute atomic E-state index is 0.0708. The Balaban J connectivity index is 1.46. The van der Waals surface area contributed by atoms with E-state index in [2.05, 4.69) is 25.7 Å². The van der Waals surface area contributed by atoms with Gasteiger partial charge in [-0.3, -0.25) is 4.79 Å². The quantitative estimate of drug-likeness (QED) is 0.608. The molecule has 1 aliphatic heterocycles. The molecule has 0 unspecified atom stereocenters. The summed E-state index contributed by atoms with van der Waals surface area (Å²) in [4.78, 5) is 24.6. The minimum Gasteiger partial charge on any atom is -0.464 e. The zero-order valence-corrected chi connectivity index (χ0v) is 16.6. The molecule has 0 radical (unpaired) electrons. The van der Waals surface area contributed by atoms with Gasteiger partial charge in [-0.05, 0) is 17.5 Å². The van der Waals surface area contributed by atoms with Crippen molar-refractivity contribution >= 4 is 11.9 Å². The molecule has 0 spiro atoms. The third-order valence-electron chi connectivity index (χ3n) is 5.26. The monoisotopic (exact) mass is 405 g/mol. The maximum absolute atomic E-state index is 13.0. The number of nitrogens with zero attached hydrogens (tertiary/aromatic N) is 3. The first-order chi connectivity index (χ1) is 14.7. The van der Waals surface area contributed by atoms with E-state index in [1.54, 1.807) is 10.9 Å². The van der Waals surface area contributed by atoms with Gasteiger partial charge in [0.15, 0.2) is 5.69 Å². The lowest BCUT2D eigenvalue weighted by atomic mass is 9.98. The van der Waals surface area contributed by atoms with Crippen LogP contribution in [0.3, 0.4) is 0 Å². The molecule has 1 aliphatic rings. The third kappa shape index (κ3) is 4.23. The summed E-state index contributed by atoms with van der Waals surface area (Å²) >= 11 is 0. The summed E-state index contributed by atoms with van der Waals surface area (Å²) in [6.45, 7) is 0.559. The lowest BCUT2D eigenvalue weighted by Crippen LogP contribution is -2.42. The van der Waals surface area contributed by atoms with E-state index >= 15 is 0 Å². The van der Waals surface area contributed by atoms with E-state index in [0.717, 1.165) is 11.1 Å². The third-order valence-corrected chi connectivity index (χ3v) is 5.26. The van der Waals surface area contributed by atoms with E-state index < -0.39 is 5.97 Å². The molecule has 154 valence electrons. The van der Waals surface area contributed by atoms with Crippen LogP contribution in [-0.2, 0) is 9.53 Å².